The molecule has 2 aromatic rings. The van der Waals surface area contributed by atoms with Gasteiger partial charge in [-0.15, -0.1) is 0 Å². The molecule has 4 heteroatoms. The summed E-state index contributed by atoms with van der Waals surface area (Å²) in [6, 6.07) is 5.99. The molecular weight excluding hydrogens is 266 g/mol. The number of nitrogens with zero attached hydrogens (tertiary/aromatic N) is 1. The lowest BCUT2D eigenvalue weighted by Crippen LogP contribution is -2.33. The van der Waals surface area contributed by atoms with Crippen LogP contribution in [0.15, 0.2) is 22.6 Å². The van der Waals surface area contributed by atoms with Gasteiger partial charge in [-0.25, -0.2) is 4.79 Å². The van der Waals surface area contributed by atoms with E-state index in [4.69, 9.17) is 9.52 Å². The molecule has 0 amide bonds. The van der Waals surface area contributed by atoms with Crippen LogP contribution >= 0.6 is 0 Å². The Morgan fingerprint density at radius 3 is 3.00 bits per heavy atom. The molecule has 3 rings (SSSR count). The summed E-state index contributed by atoms with van der Waals surface area (Å²) in [4.78, 5) is 13.6. The Kier molecular flexibility index (Phi) is 3.72. The van der Waals surface area contributed by atoms with E-state index in [9.17, 15) is 4.79 Å². The van der Waals surface area contributed by atoms with Crippen molar-refractivity contribution in [3.8, 4) is 0 Å². The lowest BCUT2D eigenvalue weighted by atomic mass is 9.99. The van der Waals surface area contributed by atoms with Gasteiger partial charge in [-0.05, 0) is 49.9 Å². The maximum absolute atomic E-state index is 11.1. The van der Waals surface area contributed by atoms with Crippen molar-refractivity contribution in [2.75, 3.05) is 13.1 Å². The van der Waals surface area contributed by atoms with Gasteiger partial charge in [-0.3, -0.25) is 4.90 Å². The molecule has 1 aliphatic rings. The predicted octanol–water partition coefficient (Wildman–Crippen LogP) is 3.67. The Bertz CT molecular complexity index is 674. The first-order valence-electron chi connectivity index (χ1n) is 7.52. The highest BCUT2D eigenvalue weighted by molar-refractivity contribution is 5.95. The standard InChI is InChI=1S/C17H21NO3/c1-11-4-3-7-18(9-11)10-13-5-6-15-14(8-13)12(2)16(21-15)17(19)20/h5-6,8,11H,3-4,7,9-10H2,1-2H3,(H,19,20). The van der Waals surface area contributed by atoms with Gasteiger partial charge in [0.1, 0.15) is 5.58 Å². The van der Waals surface area contributed by atoms with Gasteiger partial charge in [-0.1, -0.05) is 13.0 Å². The van der Waals surface area contributed by atoms with E-state index in [0.29, 0.717) is 11.1 Å². The fraction of sp³-hybridized carbons (Fsp3) is 0.471. The number of furan rings is 1. The molecule has 4 nitrogen and oxygen atoms in total. The van der Waals surface area contributed by atoms with Crippen LogP contribution in [0.5, 0.6) is 0 Å². The number of hydrogen-bond acceptors (Lipinski definition) is 3. The van der Waals surface area contributed by atoms with Crippen LogP contribution in [0.1, 0.15) is 41.4 Å². The zero-order valence-corrected chi connectivity index (χ0v) is 12.6. The van der Waals surface area contributed by atoms with Gasteiger partial charge in [0.15, 0.2) is 0 Å². The van der Waals surface area contributed by atoms with Crippen LogP contribution in [0.3, 0.4) is 0 Å². The van der Waals surface area contributed by atoms with E-state index in [-0.39, 0.29) is 5.76 Å². The first-order chi connectivity index (χ1) is 10.0. The molecule has 1 fully saturated rings. The van der Waals surface area contributed by atoms with Crippen molar-refractivity contribution in [3.63, 3.8) is 0 Å². The number of carbonyl (C=O) groups is 1. The summed E-state index contributed by atoms with van der Waals surface area (Å²) in [6.07, 6.45) is 2.58. The minimum absolute atomic E-state index is 0.0498. The number of rotatable bonds is 3. The van der Waals surface area contributed by atoms with Crippen LogP contribution in [-0.2, 0) is 6.54 Å². The molecule has 1 saturated heterocycles. The molecule has 2 heterocycles. The molecule has 112 valence electrons. The summed E-state index contributed by atoms with van der Waals surface area (Å²) in [7, 11) is 0. The van der Waals surface area contributed by atoms with E-state index in [1.807, 2.05) is 19.1 Å². The van der Waals surface area contributed by atoms with Crippen molar-refractivity contribution in [1.29, 1.82) is 0 Å². The van der Waals surface area contributed by atoms with Crippen LogP contribution < -0.4 is 0 Å². The Balaban J connectivity index is 1.86. The zero-order valence-electron chi connectivity index (χ0n) is 12.6. The average molecular weight is 287 g/mol. The monoisotopic (exact) mass is 287 g/mol. The van der Waals surface area contributed by atoms with Crippen molar-refractivity contribution >= 4 is 16.9 Å². The smallest absolute Gasteiger partial charge is 0.372 e. The van der Waals surface area contributed by atoms with E-state index < -0.39 is 5.97 Å². The van der Waals surface area contributed by atoms with E-state index in [2.05, 4.69) is 17.9 Å². The molecule has 0 bridgehead atoms. The number of aryl methyl sites for hydroxylation is 1. The first-order valence-corrected chi connectivity index (χ1v) is 7.52. The van der Waals surface area contributed by atoms with Gasteiger partial charge < -0.3 is 9.52 Å². The number of benzene rings is 1. The number of likely N-dealkylation sites (tertiary alicyclic amines) is 1. The van der Waals surface area contributed by atoms with Gasteiger partial charge in [-0.2, -0.15) is 0 Å². The van der Waals surface area contributed by atoms with Crippen molar-refractivity contribution in [3.05, 3.63) is 35.1 Å². The number of fused-ring (bicyclic) bond motifs is 1. The number of carboxylic acids is 1. The normalized spacial score (nSPS) is 20.0. The molecular formula is C17H21NO3. The summed E-state index contributed by atoms with van der Waals surface area (Å²) < 4.78 is 5.41. The third-order valence-corrected chi connectivity index (χ3v) is 4.34. The molecule has 1 aromatic heterocycles. The van der Waals surface area contributed by atoms with Crippen molar-refractivity contribution in [1.82, 2.24) is 4.90 Å². The fourth-order valence-electron chi connectivity index (χ4n) is 3.26. The van der Waals surface area contributed by atoms with Gasteiger partial charge in [0.25, 0.3) is 0 Å². The summed E-state index contributed by atoms with van der Waals surface area (Å²) >= 11 is 0. The largest absolute Gasteiger partial charge is 0.475 e. The predicted molar refractivity (Wildman–Crippen MR) is 81.6 cm³/mol. The molecule has 1 aromatic carbocycles. The second-order valence-electron chi connectivity index (χ2n) is 6.17. The minimum atomic E-state index is -1.00. The lowest BCUT2D eigenvalue weighted by Gasteiger charge is -2.30. The third-order valence-electron chi connectivity index (χ3n) is 4.34. The maximum Gasteiger partial charge on any atom is 0.372 e. The van der Waals surface area contributed by atoms with Crippen LogP contribution in [0.25, 0.3) is 11.0 Å². The van der Waals surface area contributed by atoms with Gasteiger partial charge in [0.05, 0.1) is 0 Å². The number of aromatic carboxylic acids is 1. The second kappa shape index (κ2) is 5.53. The van der Waals surface area contributed by atoms with E-state index >= 15 is 0 Å². The molecule has 1 unspecified atom stereocenters. The summed E-state index contributed by atoms with van der Waals surface area (Å²) in [5.41, 5.74) is 2.59. The number of carboxylic acid groups (broad SMARTS) is 1. The van der Waals surface area contributed by atoms with Crippen molar-refractivity contribution < 1.29 is 14.3 Å². The topological polar surface area (TPSA) is 53.7 Å². The number of piperidine rings is 1. The van der Waals surface area contributed by atoms with Crippen molar-refractivity contribution in [2.24, 2.45) is 5.92 Å². The lowest BCUT2D eigenvalue weighted by molar-refractivity contribution is 0.0664. The minimum Gasteiger partial charge on any atom is -0.475 e. The fourth-order valence-corrected chi connectivity index (χ4v) is 3.26. The van der Waals surface area contributed by atoms with Crippen molar-refractivity contribution in [2.45, 2.75) is 33.2 Å². The van der Waals surface area contributed by atoms with Crippen LogP contribution in [0, 0.1) is 12.8 Å². The maximum atomic E-state index is 11.1. The Morgan fingerprint density at radius 1 is 1.48 bits per heavy atom. The summed E-state index contributed by atoms with van der Waals surface area (Å²) in [5, 5.41) is 10.0. The average Bonchev–Trinajstić information content (AvgIpc) is 2.76. The van der Waals surface area contributed by atoms with E-state index in [1.165, 1.54) is 18.4 Å². The van der Waals surface area contributed by atoms with Crippen LogP contribution in [-0.4, -0.2) is 29.1 Å². The van der Waals surface area contributed by atoms with Gasteiger partial charge >= 0.3 is 5.97 Å². The highest BCUT2D eigenvalue weighted by Crippen LogP contribution is 2.27. The molecule has 1 N–H and O–H groups in total. The van der Waals surface area contributed by atoms with Crippen LogP contribution in [0.2, 0.25) is 0 Å². The molecule has 1 atom stereocenters. The molecule has 0 spiro atoms. The first kappa shape index (κ1) is 14.1. The third kappa shape index (κ3) is 2.81. The van der Waals surface area contributed by atoms with Crippen LogP contribution in [0.4, 0.5) is 0 Å². The van der Waals surface area contributed by atoms with E-state index in [0.717, 1.165) is 30.9 Å². The zero-order chi connectivity index (χ0) is 15.0. The van der Waals surface area contributed by atoms with Gasteiger partial charge in [0, 0.05) is 24.0 Å². The Labute approximate surface area is 124 Å². The molecule has 21 heavy (non-hydrogen) atoms. The summed E-state index contributed by atoms with van der Waals surface area (Å²) in [6.45, 7) is 7.32. The Hall–Kier alpha value is -1.81. The molecule has 0 saturated carbocycles. The van der Waals surface area contributed by atoms with Gasteiger partial charge in [0.2, 0.25) is 5.76 Å². The Morgan fingerprint density at radius 2 is 2.29 bits per heavy atom. The van der Waals surface area contributed by atoms with E-state index in [1.54, 1.807) is 0 Å². The second-order valence-corrected chi connectivity index (χ2v) is 6.17. The SMILES string of the molecule is Cc1c(C(=O)O)oc2ccc(CN3CCCC(C)C3)cc12. The highest BCUT2D eigenvalue weighted by atomic mass is 16.4. The molecule has 0 aliphatic carbocycles. The molecule has 0 radical (unpaired) electrons. The summed E-state index contributed by atoms with van der Waals surface area (Å²) in [5.74, 6) is -0.194. The molecule has 1 aliphatic heterocycles. The quantitative estimate of drug-likeness (QED) is 0.935. The number of hydrogen-bond donors (Lipinski definition) is 1. The highest BCUT2D eigenvalue weighted by Gasteiger charge is 2.19.